The largest absolute Gasteiger partial charge is 0.496 e. The van der Waals surface area contributed by atoms with E-state index in [9.17, 15) is 0 Å². The van der Waals surface area contributed by atoms with Crippen LogP contribution >= 0.6 is 0 Å². The fraction of sp³-hybridized carbons (Fsp3) is 0.286. The van der Waals surface area contributed by atoms with Gasteiger partial charge < -0.3 is 14.9 Å². The number of hydrogen-bond donors (Lipinski definition) is 1. The van der Waals surface area contributed by atoms with E-state index >= 15 is 0 Å². The van der Waals surface area contributed by atoms with Gasteiger partial charge in [0.25, 0.3) is 0 Å². The Morgan fingerprint density at radius 3 is 2.71 bits per heavy atom. The summed E-state index contributed by atoms with van der Waals surface area (Å²) in [6.07, 6.45) is 2.53. The van der Waals surface area contributed by atoms with Crippen LogP contribution in [0.2, 0.25) is 0 Å². The van der Waals surface area contributed by atoms with Gasteiger partial charge in [-0.25, -0.2) is 0 Å². The lowest BCUT2D eigenvalue weighted by atomic mass is 9.92. The normalized spacial score (nSPS) is 12.4. The average molecular weight is 231 g/mol. The zero-order valence-electron chi connectivity index (χ0n) is 9.93. The first kappa shape index (κ1) is 11.7. The first-order valence-corrected chi connectivity index (χ1v) is 5.73. The Kier molecular flexibility index (Phi) is 3.83. The molecule has 1 atom stereocenters. The van der Waals surface area contributed by atoms with Gasteiger partial charge in [0.05, 0.1) is 13.4 Å². The van der Waals surface area contributed by atoms with Gasteiger partial charge in [0.15, 0.2) is 0 Å². The molecule has 0 amide bonds. The van der Waals surface area contributed by atoms with E-state index < -0.39 is 0 Å². The molecule has 1 aromatic carbocycles. The zero-order valence-corrected chi connectivity index (χ0v) is 9.93. The summed E-state index contributed by atoms with van der Waals surface area (Å²) < 4.78 is 10.9. The molecule has 0 saturated heterocycles. The molecule has 0 aliphatic heterocycles. The van der Waals surface area contributed by atoms with Crippen molar-refractivity contribution in [2.75, 3.05) is 13.7 Å². The molecule has 2 N–H and O–H groups in total. The van der Waals surface area contributed by atoms with Gasteiger partial charge in [-0.05, 0) is 31.2 Å². The molecule has 2 rings (SSSR count). The number of benzene rings is 1. The maximum absolute atomic E-state index is 5.68. The molecule has 0 saturated carbocycles. The van der Waals surface area contributed by atoms with Crippen LogP contribution in [0.25, 0.3) is 0 Å². The highest BCUT2D eigenvalue weighted by Gasteiger charge is 2.19. The van der Waals surface area contributed by atoms with E-state index in [-0.39, 0.29) is 5.92 Å². The molecule has 1 heterocycles. The van der Waals surface area contributed by atoms with E-state index in [1.54, 1.807) is 13.4 Å². The average Bonchev–Trinajstić information content (AvgIpc) is 2.89. The fourth-order valence-corrected chi connectivity index (χ4v) is 2.06. The molecule has 2 aromatic rings. The molecule has 0 unspecified atom stereocenters. The first-order valence-electron chi connectivity index (χ1n) is 5.73. The SMILES string of the molecule is COc1ccccc1[C@@H](CCN)c1ccco1. The number of ether oxygens (including phenoxy) is 1. The lowest BCUT2D eigenvalue weighted by Gasteiger charge is -2.17. The van der Waals surface area contributed by atoms with Crippen molar-refractivity contribution < 1.29 is 9.15 Å². The molecule has 90 valence electrons. The van der Waals surface area contributed by atoms with Gasteiger partial charge in [-0.2, -0.15) is 0 Å². The van der Waals surface area contributed by atoms with E-state index in [1.165, 1.54) is 0 Å². The van der Waals surface area contributed by atoms with E-state index in [2.05, 4.69) is 6.07 Å². The van der Waals surface area contributed by atoms with E-state index in [4.69, 9.17) is 14.9 Å². The highest BCUT2D eigenvalue weighted by atomic mass is 16.5. The van der Waals surface area contributed by atoms with Gasteiger partial charge in [0, 0.05) is 11.5 Å². The fourth-order valence-electron chi connectivity index (χ4n) is 2.06. The summed E-state index contributed by atoms with van der Waals surface area (Å²) in [5, 5.41) is 0. The van der Waals surface area contributed by atoms with Gasteiger partial charge in [-0.3, -0.25) is 0 Å². The first-order chi connectivity index (χ1) is 8.36. The number of rotatable bonds is 5. The zero-order chi connectivity index (χ0) is 12.1. The second-order valence-corrected chi connectivity index (χ2v) is 3.89. The van der Waals surface area contributed by atoms with Crippen molar-refractivity contribution >= 4 is 0 Å². The summed E-state index contributed by atoms with van der Waals surface area (Å²) in [5.41, 5.74) is 6.80. The second-order valence-electron chi connectivity index (χ2n) is 3.89. The van der Waals surface area contributed by atoms with Crippen LogP contribution in [0.15, 0.2) is 47.1 Å². The van der Waals surface area contributed by atoms with E-state index in [1.807, 2.05) is 30.3 Å². The predicted octanol–water partition coefficient (Wildman–Crippen LogP) is 2.77. The number of methoxy groups -OCH3 is 1. The van der Waals surface area contributed by atoms with Crippen LogP contribution < -0.4 is 10.5 Å². The minimum absolute atomic E-state index is 0.158. The molecule has 0 fully saturated rings. The van der Waals surface area contributed by atoms with Gasteiger partial charge in [0.2, 0.25) is 0 Å². The Labute approximate surface area is 101 Å². The Morgan fingerprint density at radius 1 is 1.24 bits per heavy atom. The summed E-state index contributed by atoms with van der Waals surface area (Å²) in [6, 6.07) is 11.9. The molecule has 0 spiro atoms. The monoisotopic (exact) mass is 231 g/mol. The van der Waals surface area contributed by atoms with Crippen molar-refractivity contribution in [1.82, 2.24) is 0 Å². The van der Waals surface area contributed by atoms with Gasteiger partial charge in [-0.1, -0.05) is 18.2 Å². The Morgan fingerprint density at radius 2 is 2.06 bits per heavy atom. The summed E-state index contributed by atoms with van der Waals surface area (Å²) in [6.45, 7) is 0.614. The molecular formula is C14H17NO2. The standard InChI is InChI=1S/C14H17NO2/c1-16-13-6-3-2-5-11(13)12(8-9-15)14-7-4-10-17-14/h2-7,10,12H,8-9,15H2,1H3/t12-/m1/s1. The maximum atomic E-state index is 5.68. The highest BCUT2D eigenvalue weighted by Crippen LogP contribution is 2.33. The number of furan rings is 1. The van der Waals surface area contributed by atoms with Crippen LogP contribution in [0, 0.1) is 0 Å². The lowest BCUT2D eigenvalue weighted by Crippen LogP contribution is -2.09. The van der Waals surface area contributed by atoms with Crippen LogP contribution in [0.3, 0.4) is 0 Å². The minimum atomic E-state index is 0.158. The lowest BCUT2D eigenvalue weighted by molar-refractivity contribution is 0.400. The number of para-hydroxylation sites is 1. The minimum Gasteiger partial charge on any atom is -0.496 e. The molecule has 0 bridgehead atoms. The Balaban J connectivity index is 2.39. The molecule has 17 heavy (non-hydrogen) atoms. The van der Waals surface area contributed by atoms with Gasteiger partial charge in [0.1, 0.15) is 11.5 Å². The van der Waals surface area contributed by atoms with E-state index in [0.717, 1.165) is 23.5 Å². The molecule has 0 aliphatic rings. The van der Waals surface area contributed by atoms with Crippen LogP contribution in [0.4, 0.5) is 0 Å². The predicted molar refractivity (Wildman–Crippen MR) is 67.2 cm³/mol. The molecule has 0 radical (unpaired) electrons. The molecule has 3 nitrogen and oxygen atoms in total. The van der Waals surface area contributed by atoms with Crippen LogP contribution in [-0.4, -0.2) is 13.7 Å². The quantitative estimate of drug-likeness (QED) is 0.860. The van der Waals surface area contributed by atoms with Crippen LogP contribution in [0.1, 0.15) is 23.7 Å². The third-order valence-corrected chi connectivity index (χ3v) is 2.86. The molecule has 3 heteroatoms. The highest BCUT2D eigenvalue weighted by molar-refractivity contribution is 5.39. The number of hydrogen-bond acceptors (Lipinski definition) is 3. The van der Waals surface area contributed by atoms with Crippen molar-refractivity contribution in [3.8, 4) is 5.75 Å². The third kappa shape index (κ3) is 2.50. The molecule has 1 aromatic heterocycles. The Bertz CT molecular complexity index is 451. The summed E-state index contributed by atoms with van der Waals surface area (Å²) >= 11 is 0. The smallest absolute Gasteiger partial charge is 0.122 e. The van der Waals surface area contributed by atoms with Crippen LogP contribution in [0.5, 0.6) is 5.75 Å². The van der Waals surface area contributed by atoms with Crippen molar-refractivity contribution in [2.45, 2.75) is 12.3 Å². The Hall–Kier alpha value is -1.74. The number of nitrogens with two attached hydrogens (primary N) is 1. The summed E-state index contributed by atoms with van der Waals surface area (Å²) in [5.74, 6) is 1.97. The topological polar surface area (TPSA) is 48.4 Å². The van der Waals surface area contributed by atoms with Crippen molar-refractivity contribution in [3.63, 3.8) is 0 Å². The third-order valence-electron chi connectivity index (χ3n) is 2.86. The van der Waals surface area contributed by atoms with Crippen LogP contribution in [-0.2, 0) is 0 Å². The van der Waals surface area contributed by atoms with Crippen molar-refractivity contribution in [3.05, 3.63) is 54.0 Å². The summed E-state index contributed by atoms with van der Waals surface area (Å²) in [7, 11) is 1.68. The van der Waals surface area contributed by atoms with Gasteiger partial charge in [-0.15, -0.1) is 0 Å². The van der Waals surface area contributed by atoms with Crippen molar-refractivity contribution in [1.29, 1.82) is 0 Å². The molecule has 0 aliphatic carbocycles. The maximum Gasteiger partial charge on any atom is 0.122 e. The second kappa shape index (κ2) is 5.55. The summed E-state index contributed by atoms with van der Waals surface area (Å²) in [4.78, 5) is 0. The van der Waals surface area contributed by atoms with Gasteiger partial charge >= 0.3 is 0 Å². The van der Waals surface area contributed by atoms with Crippen molar-refractivity contribution in [2.24, 2.45) is 5.73 Å². The molecular weight excluding hydrogens is 214 g/mol. The van der Waals surface area contributed by atoms with E-state index in [0.29, 0.717) is 6.54 Å².